The number of hydrogen-bond acceptors (Lipinski definition) is 3. The van der Waals surface area contributed by atoms with Crippen LogP contribution in [0.5, 0.6) is 0 Å². The summed E-state index contributed by atoms with van der Waals surface area (Å²) in [6.45, 7) is 0. The van der Waals surface area contributed by atoms with Crippen LogP contribution in [0.15, 0.2) is 60.7 Å². The average Bonchev–Trinajstić information content (AvgIpc) is 2.69. The molecular weight excluding hydrogens is 382 g/mol. The predicted octanol–water partition coefficient (Wildman–Crippen LogP) is 5.20. The van der Waals surface area contributed by atoms with Gasteiger partial charge in [0, 0.05) is 17.4 Å². The minimum atomic E-state index is -0.942. The van der Waals surface area contributed by atoms with Crippen molar-refractivity contribution >= 4 is 45.2 Å². The van der Waals surface area contributed by atoms with Crippen molar-refractivity contribution < 1.29 is 9.90 Å². The van der Waals surface area contributed by atoms with Crippen LogP contribution >= 0.6 is 23.5 Å². The van der Waals surface area contributed by atoms with Gasteiger partial charge >= 0.3 is 5.97 Å². The van der Waals surface area contributed by atoms with Crippen LogP contribution in [0.1, 0.15) is 43.2 Å². The number of rotatable bonds is 13. The molecule has 1 atom stereocenters. The lowest BCUT2D eigenvalue weighted by Gasteiger charge is -2.31. The number of aliphatic carboxylic acids is 1. The van der Waals surface area contributed by atoms with Crippen LogP contribution in [0, 0.1) is 0 Å². The predicted molar refractivity (Wildman–Crippen MR) is 124 cm³/mol. The molecule has 0 amide bonds. The van der Waals surface area contributed by atoms with Gasteiger partial charge in [0.15, 0.2) is 0 Å². The fraction of sp³-hybridized carbons (Fsp3) is 0.409. The van der Waals surface area contributed by atoms with E-state index in [-0.39, 0.29) is 6.42 Å². The minimum absolute atomic E-state index is 0.217. The summed E-state index contributed by atoms with van der Waals surface area (Å²) >= 11 is 3.51. The van der Waals surface area contributed by atoms with E-state index in [0.717, 1.165) is 36.3 Å². The monoisotopic (exact) mass is 408 g/mol. The Morgan fingerprint density at radius 3 is 2.25 bits per heavy atom. The van der Waals surface area contributed by atoms with Crippen molar-refractivity contribution in [1.82, 2.24) is 0 Å². The van der Waals surface area contributed by atoms with Crippen LogP contribution in [-0.4, -0.2) is 37.8 Å². The second-order valence-electron chi connectivity index (χ2n) is 6.87. The zero-order valence-electron chi connectivity index (χ0n) is 16.1. The molecule has 0 bridgehead atoms. The molecule has 0 aliphatic heterocycles. The fourth-order valence-corrected chi connectivity index (χ4v) is 5.45. The van der Waals surface area contributed by atoms with Crippen LogP contribution < -0.4 is 0 Å². The first kappa shape index (κ1) is 23.0. The number of carboxylic acid groups (broad SMARTS) is 1. The number of carboxylic acids is 1. The van der Waals surface area contributed by atoms with Crippen molar-refractivity contribution in [1.29, 1.82) is 0 Å². The highest BCUT2D eigenvalue weighted by atomic mass is 32.2. The second kappa shape index (κ2) is 12.3. The van der Waals surface area contributed by atoms with Crippen molar-refractivity contribution in [3.63, 3.8) is 0 Å². The van der Waals surface area contributed by atoms with E-state index >= 15 is 0 Å². The third-order valence-corrected chi connectivity index (χ3v) is 6.94. The Balaban J connectivity index is 1.87. The Morgan fingerprint density at radius 1 is 0.964 bits per heavy atom. The van der Waals surface area contributed by atoms with Gasteiger partial charge in [0.1, 0.15) is 0 Å². The molecule has 0 aromatic heterocycles. The third-order valence-electron chi connectivity index (χ3n) is 4.45. The average molecular weight is 408 g/mol. The molecule has 6 heteroatoms. The van der Waals surface area contributed by atoms with Crippen molar-refractivity contribution in [3.8, 4) is 0 Å². The normalized spacial score (nSPS) is 12.6. The Morgan fingerprint density at radius 2 is 1.61 bits per heavy atom. The van der Waals surface area contributed by atoms with Gasteiger partial charge in [0.2, 0.25) is 0 Å². The van der Waals surface area contributed by atoms with E-state index in [9.17, 15) is 4.79 Å². The molecular formula is C22H26B2O2S2. The number of unbranched alkanes of at least 4 members (excludes halogenated alkanes) is 1. The zero-order valence-corrected chi connectivity index (χ0v) is 17.8. The molecule has 0 heterocycles. The van der Waals surface area contributed by atoms with Gasteiger partial charge in [-0.3, -0.25) is 4.79 Å². The highest BCUT2D eigenvalue weighted by molar-refractivity contribution is 8.03. The summed E-state index contributed by atoms with van der Waals surface area (Å²) in [5.74, 6) is 1.28. The summed E-state index contributed by atoms with van der Waals surface area (Å²) in [7, 11) is 12.9. The number of carbonyl (C=O) groups is 1. The minimum Gasteiger partial charge on any atom is -0.481 e. The topological polar surface area (TPSA) is 37.3 Å². The van der Waals surface area contributed by atoms with Gasteiger partial charge in [-0.2, -0.15) is 23.5 Å². The van der Waals surface area contributed by atoms with E-state index in [0.29, 0.717) is 11.7 Å². The van der Waals surface area contributed by atoms with Gasteiger partial charge in [0.25, 0.3) is 0 Å². The molecule has 0 aliphatic rings. The Kier molecular flexibility index (Phi) is 10.1. The van der Waals surface area contributed by atoms with Gasteiger partial charge in [-0.15, -0.1) is 0 Å². The van der Waals surface area contributed by atoms with E-state index in [1.54, 1.807) is 11.8 Å². The Bertz CT molecular complexity index is 696. The number of thioether (sulfide) groups is 2. The van der Waals surface area contributed by atoms with E-state index in [4.69, 9.17) is 20.8 Å². The van der Waals surface area contributed by atoms with Crippen LogP contribution in [-0.2, 0) is 15.1 Å². The maximum absolute atomic E-state index is 10.8. The molecule has 2 rings (SSSR count). The van der Waals surface area contributed by atoms with Gasteiger partial charge < -0.3 is 5.11 Å². The van der Waals surface area contributed by atoms with E-state index < -0.39 is 10.5 Å². The number of hydrogen-bond donors (Lipinski definition) is 1. The fourth-order valence-electron chi connectivity index (χ4n) is 2.93. The number of benzene rings is 2. The first-order chi connectivity index (χ1) is 13.5. The molecule has 0 saturated heterocycles. The Labute approximate surface area is 180 Å². The first-order valence-corrected chi connectivity index (χ1v) is 11.7. The van der Waals surface area contributed by atoms with Crippen LogP contribution in [0.3, 0.4) is 0 Å². The van der Waals surface area contributed by atoms with Crippen molar-refractivity contribution in [2.75, 3.05) is 5.75 Å². The van der Waals surface area contributed by atoms with Gasteiger partial charge in [-0.1, -0.05) is 67.1 Å². The molecule has 144 valence electrons. The molecule has 2 aromatic rings. The highest BCUT2D eigenvalue weighted by Crippen LogP contribution is 2.37. The molecule has 0 spiro atoms. The molecule has 28 heavy (non-hydrogen) atoms. The quantitative estimate of drug-likeness (QED) is 0.365. The molecule has 0 saturated carbocycles. The lowest BCUT2D eigenvalue weighted by molar-refractivity contribution is -0.137. The summed E-state index contributed by atoms with van der Waals surface area (Å²) in [4.78, 5) is 10.8. The van der Waals surface area contributed by atoms with E-state index in [1.165, 1.54) is 5.56 Å². The Hall–Kier alpha value is -1.26. The molecule has 1 unspecified atom stereocenters. The van der Waals surface area contributed by atoms with Crippen LogP contribution in [0.25, 0.3) is 0 Å². The van der Waals surface area contributed by atoms with Gasteiger partial charge in [-0.05, 0) is 40.7 Å². The van der Waals surface area contributed by atoms with Gasteiger partial charge in [-0.25, -0.2) is 0 Å². The van der Waals surface area contributed by atoms with Gasteiger partial charge in [0.05, 0.1) is 15.7 Å². The third kappa shape index (κ3) is 8.83. The van der Waals surface area contributed by atoms with Crippen molar-refractivity contribution in [2.24, 2.45) is 0 Å². The van der Waals surface area contributed by atoms with Crippen LogP contribution in [0.4, 0.5) is 0 Å². The van der Waals surface area contributed by atoms with Crippen molar-refractivity contribution in [2.45, 2.75) is 47.7 Å². The lowest BCUT2D eigenvalue weighted by Crippen LogP contribution is -2.26. The molecule has 2 nitrogen and oxygen atoms in total. The summed E-state index contributed by atoms with van der Waals surface area (Å²) in [5.41, 5.74) is 2.24. The zero-order chi connectivity index (χ0) is 20.2. The summed E-state index contributed by atoms with van der Waals surface area (Å²) in [5, 5.41) is 9.15. The van der Waals surface area contributed by atoms with Crippen molar-refractivity contribution in [3.05, 3.63) is 71.8 Å². The summed E-state index contributed by atoms with van der Waals surface area (Å²) in [6.07, 6.45) is 3.70. The largest absolute Gasteiger partial charge is 0.481 e. The SMILES string of the molecule is [B]C([B])(SC(CCCCC(=O)O)CCSCc1ccccc1)c1ccccc1. The molecule has 1 N–H and O–H groups in total. The first-order valence-electron chi connectivity index (χ1n) is 9.62. The molecule has 2 aromatic carbocycles. The van der Waals surface area contributed by atoms with E-state index in [2.05, 4.69) is 24.3 Å². The maximum Gasteiger partial charge on any atom is 0.303 e. The highest BCUT2D eigenvalue weighted by Gasteiger charge is 2.24. The van der Waals surface area contributed by atoms with E-state index in [1.807, 2.05) is 48.2 Å². The maximum atomic E-state index is 10.8. The molecule has 4 radical (unpaired) electrons. The van der Waals surface area contributed by atoms with Crippen LogP contribution in [0.2, 0.25) is 0 Å². The summed E-state index contributed by atoms with van der Waals surface area (Å²) in [6, 6.07) is 20.2. The lowest BCUT2D eigenvalue weighted by atomic mass is 9.65. The standard InChI is InChI=1S/C22H26B2O2S2/c23-22(24,19-11-5-2-6-12-19)28-20(13-7-8-14-21(25)26)15-16-27-17-18-9-3-1-4-10-18/h1-6,9-12,20H,7-8,13-17H2,(H,25,26). The summed E-state index contributed by atoms with van der Waals surface area (Å²) < 4.78 is -0.942. The molecule has 0 aliphatic carbocycles. The smallest absolute Gasteiger partial charge is 0.303 e. The second-order valence-corrected chi connectivity index (χ2v) is 9.55. The molecule has 0 fully saturated rings.